The first-order valence-electron chi connectivity index (χ1n) is 7.48. The van der Waals surface area contributed by atoms with E-state index >= 15 is 0 Å². The van der Waals surface area contributed by atoms with Crippen LogP contribution in [0.3, 0.4) is 0 Å². The van der Waals surface area contributed by atoms with E-state index in [2.05, 4.69) is 0 Å². The molecule has 0 atom stereocenters. The zero-order chi connectivity index (χ0) is 17.2. The number of ketones is 1. The van der Waals surface area contributed by atoms with Gasteiger partial charge in [-0.3, -0.25) is 4.79 Å². The number of aromatic hydroxyl groups is 1. The van der Waals surface area contributed by atoms with E-state index in [0.29, 0.717) is 17.7 Å². The Labute approximate surface area is 136 Å². The fourth-order valence-corrected chi connectivity index (χ4v) is 1.95. The van der Waals surface area contributed by atoms with Crippen LogP contribution in [0.5, 0.6) is 5.75 Å². The summed E-state index contributed by atoms with van der Waals surface area (Å²) in [7, 11) is 0. The van der Waals surface area contributed by atoms with Gasteiger partial charge in [-0.1, -0.05) is 25.1 Å². The maximum absolute atomic E-state index is 11.9. The maximum atomic E-state index is 11.9. The first-order chi connectivity index (χ1) is 10.9. The monoisotopic (exact) mass is 314 g/mol. The molecule has 4 heteroatoms. The molecule has 1 aromatic rings. The van der Waals surface area contributed by atoms with E-state index in [-0.39, 0.29) is 18.0 Å². The highest BCUT2D eigenvalue weighted by atomic mass is 16.5. The molecule has 4 nitrogen and oxygen atoms in total. The third-order valence-electron chi connectivity index (χ3n) is 2.96. The molecule has 0 bridgehead atoms. The van der Waals surface area contributed by atoms with Crippen LogP contribution in [0.25, 0.3) is 0 Å². The highest BCUT2D eigenvalue weighted by molar-refractivity contribution is 5.97. The summed E-state index contributed by atoms with van der Waals surface area (Å²) in [5.41, 5.74) is 1.57. The largest absolute Gasteiger partial charge is 0.508 e. The van der Waals surface area contributed by atoms with Crippen molar-refractivity contribution in [2.24, 2.45) is 0 Å². The molecule has 0 aromatic heterocycles. The molecule has 0 saturated heterocycles. The third kappa shape index (κ3) is 7.27. The second-order valence-corrected chi connectivity index (χ2v) is 5.09. The first-order valence-corrected chi connectivity index (χ1v) is 7.48. The normalized spacial score (nSPS) is 12.0. The number of allylic oxidation sites excluding steroid dienone is 5. The van der Waals surface area contributed by atoms with Crippen molar-refractivity contribution in [1.82, 2.24) is 0 Å². The number of esters is 1. The van der Waals surface area contributed by atoms with Crippen LogP contribution in [-0.4, -0.2) is 16.9 Å². The van der Waals surface area contributed by atoms with E-state index in [0.717, 1.165) is 11.6 Å². The molecule has 1 N–H and O–H groups in total. The van der Waals surface area contributed by atoms with Gasteiger partial charge in [0.1, 0.15) is 11.5 Å². The highest BCUT2D eigenvalue weighted by Crippen LogP contribution is 2.15. The van der Waals surface area contributed by atoms with E-state index in [9.17, 15) is 14.7 Å². The van der Waals surface area contributed by atoms with Gasteiger partial charge in [-0.2, -0.15) is 0 Å². The van der Waals surface area contributed by atoms with E-state index in [4.69, 9.17) is 4.74 Å². The molecule has 1 rings (SSSR count). The molecule has 0 spiro atoms. The molecule has 0 radical (unpaired) electrons. The lowest BCUT2D eigenvalue weighted by Crippen LogP contribution is -2.03. The van der Waals surface area contributed by atoms with Crippen molar-refractivity contribution in [1.29, 1.82) is 0 Å². The summed E-state index contributed by atoms with van der Waals surface area (Å²) in [5, 5.41) is 9.51. The Morgan fingerprint density at radius 2 is 1.96 bits per heavy atom. The van der Waals surface area contributed by atoms with Crippen molar-refractivity contribution in [2.75, 3.05) is 0 Å². The summed E-state index contributed by atoms with van der Waals surface area (Å²) in [6.45, 7) is 5.58. The minimum absolute atomic E-state index is 0.119. The molecule has 0 amide bonds. The molecule has 0 heterocycles. The quantitative estimate of drug-likeness (QED) is 0.360. The molecular formula is C19H22O4. The van der Waals surface area contributed by atoms with Gasteiger partial charge < -0.3 is 9.84 Å². The molecule has 0 unspecified atom stereocenters. The van der Waals surface area contributed by atoms with Crippen LogP contribution in [0.15, 0.2) is 54.3 Å². The van der Waals surface area contributed by atoms with E-state index < -0.39 is 5.97 Å². The summed E-state index contributed by atoms with van der Waals surface area (Å²) in [4.78, 5) is 23.5. The number of phenolic OH excluding ortho intramolecular Hbond substituents is 1. The number of carbonyl (C=O) groups excluding carboxylic acids is 2. The van der Waals surface area contributed by atoms with Crippen molar-refractivity contribution < 1.29 is 19.4 Å². The molecule has 0 aliphatic rings. The Kier molecular flexibility index (Phi) is 7.54. The molecular weight excluding hydrogens is 292 g/mol. The van der Waals surface area contributed by atoms with Gasteiger partial charge in [0.25, 0.3) is 0 Å². The standard InChI is InChI=1S/C19H22O4/c1-4-6-7-18(5-2)23-19(22)9-8-16(20)12-15-10-14(3)11-17(21)13-15/h4,6-11,13,21H,5,12H2,1-3H3/b6-4-,9-8-,18-7+. The Balaban J connectivity index is 2.62. The lowest BCUT2D eigenvalue weighted by Gasteiger charge is -2.03. The number of carbonyl (C=O) groups is 2. The molecule has 122 valence electrons. The number of ether oxygens (including phenoxy) is 1. The molecule has 0 saturated carbocycles. The number of aryl methyl sites for hydroxylation is 1. The van der Waals surface area contributed by atoms with Gasteiger partial charge in [0, 0.05) is 18.9 Å². The summed E-state index contributed by atoms with van der Waals surface area (Å²) >= 11 is 0. The molecule has 0 aliphatic carbocycles. The van der Waals surface area contributed by atoms with Gasteiger partial charge in [0.05, 0.1) is 0 Å². The molecule has 1 aromatic carbocycles. The second-order valence-electron chi connectivity index (χ2n) is 5.09. The maximum Gasteiger partial charge on any atom is 0.335 e. The fourth-order valence-electron chi connectivity index (χ4n) is 1.95. The van der Waals surface area contributed by atoms with E-state index in [1.165, 1.54) is 12.1 Å². The number of hydrogen-bond donors (Lipinski definition) is 1. The lowest BCUT2D eigenvalue weighted by atomic mass is 10.1. The molecule has 0 fully saturated rings. The first kappa shape index (κ1) is 18.4. The van der Waals surface area contributed by atoms with Gasteiger partial charge in [-0.05, 0) is 49.3 Å². The topological polar surface area (TPSA) is 63.6 Å². The second kappa shape index (κ2) is 9.41. The van der Waals surface area contributed by atoms with Crippen LogP contribution in [0.4, 0.5) is 0 Å². The molecule has 0 aliphatic heterocycles. The van der Waals surface area contributed by atoms with Crippen molar-refractivity contribution in [3.05, 3.63) is 65.5 Å². The predicted octanol–water partition coefficient (Wildman–Crippen LogP) is 3.78. The average molecular weight is 314 g/mol. The van der Waals surface area contributed by atoms with Gasteiger partial charge in [0.2, 0.25) is 0 Å². The minimum atomic E-state index is -0.581. The van der Waals surface area contributed by atoms with Crippen LogP contribution in [0, 0.1) is 6.92 Å². The summed E-state index contributed by atoms with van der Waals surface area (Å²) < 4.78 is 5.13. The summed E-state index contributed by atoms with van der Waals surface area (Å²) in [5.74, 6) is -0.155. The summed E-state index contributed by atoms with van der Waals surface area (Å²) in [6.07, 6.45) is 8.35. The average Bonchev–Trinajstić information content (AvgIpc) is 2.48. The van der Waals surface area contributed by atoms with Crippen LogP contribution in [0.2, 0.25) is 0 Å². The summed E-state index contributed by atoms with van der Waals surface area (Å²) in [6, 6.07) is 4.97. The van der Waals surface area contributed by atoms with Crippen molar-refractivity contribution in [3.63, 3.8) is 0 Å². The smallest absolute Gasteiger partial charge is 0.335 e. The van der Waals surface area contributed by atoms with Gasteiger partial charge in [-0.15, -0.1) is 0 Å². The number of benzene rings is 1. The van der Waals surface area contributed by atoms with Gasteiger partial charge in [0.15, 0.2) is 5.78 Å². The Bertz CT molecular complexity index is 631. The van der Waals surface area contributed by atoms with Gasteiger partial charge in [-0.25, -0.2) is 4.79 Å². The number of rotatable bonds is 7. The Morgan fingerprint density at radius 1 is 1.22 bits per heavy atom. The van der Waals surface area contributed by atoms with E-state index in [1.807, 2.05) is 32.9 Å². The third-order valence-corrected chi connectivity index (χ3v) is 2.96. The SMILES string of the molecule is C/C=C\C=C(/CC)OC(=O)/C=C\C(=O)Cc1cc(C)cc(O)c1. The number of hydrogen-bond acceptors (Lipinski definition) is 4. The van der Waals surface area contributed by atoms with Gasteiger partial charge >= 0.3 is 5.97 Å². The van der Waals surface area contributed by atoms with Crippen molar-refractivity contribution in [3.8, 4) is 5.75 Å². The fraction of sp³-hybridized carbons (Fsp3) is 0.263. The van der Waals surface area contributed by atoms with Crippen LogP contribution < -0.4 is 0 Å². The van der Waals surface area contributed by atoms with Crippen LogP contribution in [0.1, 0.15) is 31.4 Å². The predicted molar refractivity (Wildman–Crippen MR) is 90.0 cm³/mol. The van der Waals surface area contributed by atoms with E-state index in [1.54, 1.807) is 18.2 Å². The van der Waals surface area contributed by atoms with Crippen LogP contribution >= 0.6 is 0 Å². The Hall–Kier alpha value is -2.62. The molecule has 23 heavy (non-hydrogen) atoms. The zero-order valence-corrected chi connectivity index (χ0v) is 13.7. The van der Waals surface area contributed by atoms with Crippen LogP contribution in [-0.2, 0) is 20.7 Å². The zero-order valence-electron chi connectivity index (χ0n) is 13.7. The van der Waals surface area contributed by atoms with Crippen molar-refractivity contribution in [2.45, 2.75) is 33.6 Å². The number of phenols is 1. The highest BCUT2D eigenvalue weighted by Gasteiger charge is 2.05. The van der Waals surface area contributed by atoms with Crippen molar-refractivity contribution >= 4 is 11.8 Å². The Morgan fingerprint density at radius 3 is 2.57 bits per heavy atom. The minimum Gasteiger partial charge on any atom is -0.508 e. The lowest BCUT2D eigenvalue weighted by molar-refractivity contribution is -0.134.